The van der Waals surface area contributed by atoms with Crippen molar-refractivity contribution in [3.8, 4) is 5.75 Å². The van der Waals surface area contributed by atoms with Gasteiger partial charge in [0.15, 0.2) is 0 Å². The fourth-order valence-electron chi connectivity index (χ4n) is 2.38. The minimum Gasteiger partial charge on any atom is -0.486 e. The Balaban J connectivity index is 1.53. The van der Waals surface area contributed by atoms with Crippen molar-refractivity contribution in [1.82, 2.24) is 19.3 Å². The van der Waals surface area contributed by atoms with Crippen LogP contribution in [0.15, 0.2) is 30.5 Å². The number of aromatic nitrogens is 3. The van der Waals surface area contributed by atoms with Crippen LogP contribution in [0.2, 0.25) is 5.02 Å². The van der Waals surface area contributed by atoms with E-state index in [9.17, 15) is 8.42 Å². The maximum Gasteiger partial charge on any atom is 0.214 e. The summed E-state index contributed by atoms with van der Waals surface area (Å²) in [6.07, 6.45) is 2.44. The van der Waals surface area contributed by atoms with Crippen molar-refractivity contribution >= 4 is 21.6 Å². The van der Waals surface area contributed by atoms with E-state index in [1.54, 1.807) is 23.0 Å². The van der Waals surface area contributed by atoms with Crippen molar-refractivity contribution in [2.75, 3.05) is 18.8 Å². The lowest BCUT2D eigenvalue weighted by Crippen LogP contribution is -2.29. The van der Waals surface area contributed by atoms with E-state index in [1.807, 2.05) is 12.1 Å². The molecule has 9 heteroatoms. The molecule has 1 aliphatic rings. The smallest absolute Gasteiger partial charge is 0.214 e. The van der Waals surface area contributed by atoms with Crippen molar-refractivity contribution < 1.29 is 13.2 Å². The van der Waals surface area contributed by atoms with Crippen molar-refractivity contribution in [2.45, 2.75) is 19.6 Å². The molecule has 1 aromatic heterocycles. The van der Waals surface area contributed by atoms with E-state index in [0.717, 1.165) is 0 Å². The normalized spacial score (nSPS) is 17.4. The topological polar surface area (TPSA) is 77.3 Å². The molecule has 3 rings (SSSR count). The van der Waals surface area contributed by atoms with Crippen LogP contribution in [-0.2, 0) is 23.2 Å². The van der Waals surface area contributed by atoms with Crippen LogP contribution in [-0.4, -0.2) is 46.6 Å². The van der Waals surface area contributed by atoms with Crippen LogP contribution in [0.25, 0.3) is 0 Å². The number of rotatable bonds is 6. The van der Waals surface area contributed by atoms with Gasteiger partial charge in [-0.05, 0) is 18.6 Å². The number of hydrogen-bond donors (Lipinski definition) is 0. The van der Waals surface area contributed by atoms with Gasteiger partial charge in [-0.1, -0.05) is 28.9 Å². The molecule has 1 aromatic carbocycles. The van der Waals surface area contributed by atoms with Gasteiger partial charge in [-0.15, -0.1) is 5.10 Å². The Kier molecular flexibility index (Phi) is 4.84. The predicted octanol–water partition coefficient (Wildman–Crippen LogP) is 1.55. The molecule has 0 bridgehead atoms. The third kappa shape index (κ3) is 4.01. The maximum absolute atomic E-state index is 11.7. The molecular formula is C14H17ClN4O3S. The van der Waals surface area contributed by atoms with Crippen LogP contribution in [0.3, 0.4) is 0 Å². The van der Waals surface area contributed by atoms with Gasteiger partial charge >= 0.3 is 0 Å². The average Bonchev–Trinajstić information content (AvgIpc) is 3.10. The maximum atomic E-state index is 11.7. The second-order valence-electron chi connectivity index (χ2n) is 5.26. The number of para-hydroxylation sites is 1. The Morgan fingerprint density at radius 3 is 2.83 bits per heavy atom. The molecule has 2 aromatic rings. The first-order valence-corrected chi connectivity index (χ1v) is 9.27. The lowest BCUT2D eigenvalue weighted by molar-refractivity contribution is 0.301. The van der Waals surface area contributed by atoms with Gasteiger partial charge in [0.1, 0.15) is 18.1 Å². The van der Waals surface area contributed by atoms with Crippen LogP contribution in [0.5, 0.6) is 5.75 Å². The molecule has 1 fully saturated rings. The van der Waals surface area contributed by atoms with Gasteiger partial charge in [0.05, 0.1) is 23.5 Å². The van der Waals surface area contributed by atoms with Gasteiger partial charge < -0.3 is 4.74 Å². The second kappa shape index (κ2) is 6.86. The summed E-state index contributed by atoms with van der Waals surface area (Å²) in [4.78, 5) is 0. The molecule has 1 saturated heterocycles. The van der Waals surface area contributed by atoms with E-state index >= 15 is 0 Å². The first-order valence-electron chi connectivity index (χ1n) is 7.29. The van der Waals surface area contributed by atoms with E-state index in [4.69, 9.17) is 16.3 Å². The number of ether oxygens (including phenoxy) is 1. The molecule has 0 N–H and O–H groups in total. The summed E-state index contributed by atoms with van der Waals surface area (Å²) in [5.74, 6) is 0.827. The van der Waals surface area contributed by atoms with Crippen LogP contribution in [0.1, 0.15) is 12.1 Å². The van der Waals surface area contributed by atoms with Gasteiger partial charge in [-0.3, -0.25) is 4.68 Å². The van der Waals surface area contributed by atoms with Crippen LogP contribution in [0.4, 0.5) is 0 Å². The lowest BCUT2D eigenvalue weighted by atomic mass is 10.3. The van der Waals surface area contributed by atoms with Crippen molar-refractivity contribution in [3.63, 3.8) is 0 Å². The second-order valence-corrected chi connectivity index (χ2v) is 7.76. The minimum atomic E-state index is -3.07. The average molecular weight is 357 g/mol. The van der Waals surface area contributed by atoms with E-state index in [-0.39, 0.29) is 12.4 Å². The van der Waals surface area contributed by atoms with Crippen LogP contribution < -0.4 is 4.74 Å². The van der Waals surface area contributed by atoms with Crippen LogP contribution in [0, 0.1) is 0 Å². The zero-order valence-corrected chi connectivity index (χ0v) is 14.0. The highest BCUT2D eigenvalue weighted by Crippen LogP contribution is 2.23. The number of halogens is 1. The molecule has 2 heterocycles. The predicted molar refractivity (Wildman–Crippen MR) is 85.8 cm³/mol. The summed E-state index contributed by atoms with van der Waals surface area (Å²) in [6.45, 7) is 1.72. The lowest BCUT2D eigenvalue weighted by Gasteiger charge is -2.13. The molecule has 23 heavy (non-hydrogen) atoms. The Bertz CT molecular complexity index is 778. The third-order valence-electron chi connectivity index (χ3n) is 3.58. The molecule has 0 saturated carbocycles. The van der Waals surface area contributed by atoms with Gasteiger partial charge in [-0.2, -0.15) is 0 Å². The molecule has 124 valence electrons. The molecule has 0 aliphatic carbocycles. The number of hydrogen-bond acceptors (Lipinski definition) is 5. The Morgan fingerprint density at radius 2 is 2.09 bits per heavy atom. The van der Waals surface area contributed by atoms with Gasteiger partial charge in [0.2, 0.25) is 10.0 Å². The van der Waals surface area contributed by atoms with E-state index in [0.29, 0.717) is 42.5 Å². The molecular weight excluding hydrogens is 340 g/mol. The highest BCUT2D eigenvalue weighted by atomic mass is 35.5. The first-order chi connectivity index (χ1) is 11.0. The highest BCUT2D eigenvalue weighted by molar-refractivity contribution is 7.89. The molecule has 0 atom stereocenters. The Labute approximate surface area is 139 Å². The van der Waals surface area contributed by atoms with Crippen molar-refractivity contribution in [3.05, 3.63) is 41.2 Å². The van der Waals surface area contributed by atoms with Gasteiger partial charge in [0.25, 0.3) is 0 Å². The number of nitrogens with zero attached hydrogens (tertiary/aromatic N) is 4. The van der Waals surface area contributed by atoms with Crippen molar-refractivity contribution in [2.24, 2.45) is 0 Å². The van der Waals surface area contributed by atoms with Gasteiger partial charge in [-0.25, -0.2) is 12.7 Å². The largest absolute Gasteiger partial charge is 0.486 e. The molecule has 1 aliphatic heterocycles. The third-order valence-corrected chi connectivity index (χ3v) is 5.85. The number of benzene rings is 1. The quantitative estimate of drug-likeness (QED) is 0.784. The minimum absolute atomic E-state index is 0.237. The molecule has 7 nitrogen and oxygen atoms in total. The fraction of sp³-hybridized carbons (Fsp3) is 0.429. The monoisotopic (exact) mass is 356 g/mol. The van der Waals surface area contributed by atoms with E-state index in [2.05, 4.69) is 10.3 Å². The summed E-state index contributed by atoms with van der Waals surface area (Å²) in [5, 5.41) is 8.55. The summed E-state index contributed by atoms with van der Waals surface area (Å²) in [7, 11) is -3.07. The van der Waals surface area contributed by atoms with Gasteiger partial charge in [0, 0.05) is 13.1 Å². The van der Waals surface area contributed by atoms with E-state index < -0.39 is 10.0 Å². The summed E-state index contributed by atoms with van der Waals surface area (Å²) in [5.41, 5.74) is 0.661. The Hall–Kier alpha value is -1.64. The summed E-state index contributed by atoms with van der Waals surface area (Å²) >= 11 is 6.02. The SMILES string of the molecule is O=S1(=O)CCCN1CCn1cc(COc2ccccc2Cl)nn1. The molecule has 0 radical (unpaired) electrons. The molecule has 0 unspecified atom stereocenters. The van der Waals surface area contributed by atoms with Crippen molar-refractivity contribution in [1.29, 1.82) is 0 Å². The zero-order chi connectivity index (χ0) is 16.3. The van der Waals surface area contributed by atoms with E-state index in [1.165, 1.54) is 4.31 Å². The fourth-order valence-corrected chi connectivity index (χ4v) is 4.09. The highest BCUT2D eigenvalue weighted by Gasteiger charge is 2.27. The summed E-state index contributed by atoms with van der Waals surface area (Å²) < 4.78 is 32.2. The number of sulfonamides is 1. The molecule has 0 amide bonds. The zero-order valence-electron chi connectivity index (χ0n) is 12.4. The van der Waals surface area contributed by atoms with Crippen LogP contribution >= 0.6 is 11.6 Å². The summed E-state index contributed by atoms with van der Waals surface area (Å²) in [6, 6.07) is 7.21. The molecule has 0 spiro atoms. The standard InChI is InChI=1S/C14H17ClN4O3S/c15-13-4-1-2-5-14(13)22-11-12-10-18(17-16-12)7-8-19-6-3-9-23(19,20)21/h1-2,4-5,10H,3,6-9,11H2. The first kappa shape index (κ1) is 16.2. The Morgan fingerprint density at radius 1 is 1.26 bits per heavy atom.